The van der Waals surface area contributed by atoms with Gasteiger partial charge in [-0.15, -0.1) is 0 Å². The van der Waals surface area contributed by atoms with Gasteiger partial charge >= 0.3 is 15.2 Å². The minimum Gasteiger partial charge on any atom is -0.323 e. The molecule has 0 spiro atoms. The lowest BCUT2D eigenvalue weighted by Gasteiger charge is -2.41. The van der Waals surface area contributed by atoms with E-state index in [0.717, 1.165) is 17.7 Å². The van der Waals surface area contributed by atoms with Crippen molar-refractivity contribution in [2.45, 2.75) is 44.6 Å². The fourth-order valence-electron chi connectivity index (χ4n) is 2.07. The maximum atomic E-state index is 11.6. The number of rotatable bonds is 8. The van der Waals surface area contributed by atoms with Crippen LogP contribution in [0.1, 0.15) is 39.5 Å². The summed E-state index contributed by atoms with van der Waals surface area (Å²) in [5, 5.41) is -2.41. The molecule has 0 aromatic rings. The predicted octanol–water partition coefficient (Wildman–Crippen LogP) is 1.53. The number of hydrogen-bond acceptors (Lipinski definition) is 3. The molecule has 4 N–H and O–H groups in total. The van der Waals surface area contributed by atoms with Crippen molar-refractivity contribution >= 4 is 15.2 Å². The molecule has 18 heavy (non-hydrogen) atoms. The Balaban J connectivity index is 5.35. The molecule has 0 aromatic carbocycles. The lowest BCUT2D eigenvalue weighted by Crippen LogP contribution is -2.45. The first-order valence-corrected chi connectivity index (χ1v) is 9.09. The molecule has 0 bridgehead atoms. The molecule has 0 heterocycles. The van der Waals surface area contributed by atoms with Crippen LogP contribution in [0.4, 0.5) is 0 Å². The molecule has 0 radical (unpaired) electrons. The second kappa shape index (κ2) is 6.62. The van der Waals surface area contributed by atoms with Crippen LogP contribution in [0.25, 0.3) is 0 Å². The fraction of sp³-hybridized carbons (Fsp3) is 1.00. The molecule has 0 aliphatic rings. The highest BCUT2D eigenvalue weighted by Crippen LogP contribution is 2.71. The summed E-state index contributed by atoms with van der Waals surface area (Å²) in [4.78, 5) is 38.6. The van der Waals surface area contributed by atoms with Crippen molar-refractivity contribution in [3.05, 3.63) is 0 Å². The zero-order valence-corrected chi connectivity index (χ0v) is 12.8. The maximum Gasteiger partial charge on any atom is 0.358 e. The van der Waals surface area contributed by atoms with E-state index in [2.05, 4.69) is 0 Å². The van der Waals surface area contributed by atoms with Gasteiger partial charge in [0.15, 0.2) is 0 Å². The quantitative estimate of drug-likeness (QED) is 0.396. The van der Waals surface area contributed by atoms with Crippen molar-refractivity contribution in [3.8, 4) is 0 Å². The Bertz CT molecular complexity index is 327. The molecular formula is C9H23NO6P2. The summed E-state index contributed by atoms with van der Waals surface area (Å²) in [6.45, 7) is 3.57. The summed E-state index contributed by atoms with van der Waals surface area (Å²) in [5.74, 6) is 0. The van der Waals surface area contributed by atoms with Crippen LogP contribution in [0, 0.1) is 0 Å². The summed E-state index contributed by atoms with van der Waals surface area (Å²) in [7, 11) is -8.60. The Kier molecular flexibility index (Phi) is 6.71. The number of hydrogen-bond donors (Lipinski definition) is 4. The monoisotopic (exact) mass is 303 g/mol. The van der Waals surface area contributed by atoms with Gasteiger partial charge in [-0.05, 0) is 26.4 Å². The van der Waals surface area contributed by atoms with E-state index in [0.29, 0.717) is 6.42 Å². The van der Waals surface area contributed by atoms with Gasteiger partial charge in [-0.1, -0.05) is 26.7 Å². The van der Waals surface area contributed by atoms with E-state index >= 15 is 0 Å². The van der Waals surface area contributed by atoms with Gasteiger partial charge in [-0.25, -0.2) is 0 Å². The highest BCUT2D eigenvalue weighted by atomic mass is 31.2. The Morgan fingerprint density at radius 3 is 1.72 bits per heavy atom. The standard InChI is InChI=1S/C9H23NO6P2/c1-4-6-7-8-10(3)9(5-2,17(11,12)13)18(14,15)16/h4-8H2,1-3H3,(H2,11,12,13)(H2,14,15,16). The van der Waals surface area contributed by atoms with Crippen LogP contribution in [0.5, 0.6) is 0 Å². The van der Waals surface area contributed by atoms with E-state index in [-0.39, 0.29) is 13.0 Å². The van der Waals surface area contributed by atoms with Gasteiger partial charge in [0.1, 0.15) is 0 Å². The zero-order chi connectivity index (χ0) is 14.6. The van der Waals surface area contributed by atoms with Crippen LogP contribution < -0.4 is 0 Å². The molecular weight excluding hydrogens is 280 g/mol. The minimum atomic E-state index is -4.97. The maximum absolute atomic E-state index is 11.6. The lowest BCUT2D eigenvalue weighted by molar-refractivity contribution is 0.178. The molecule has 7 nitrogen and oxygen atoms in total. The van der Waals surface area contributed by atoms with E-state index < -0.39 is 20.2 Å². The van der Waals surface area contributed by atoms with Crippen LogP contribution >= 0.6 is 15.2 Å². The molecule has 0 saturated carbocycles. The van der Waals surface area contributed by atoms with Crippen molar-refractivity contribution in [1.82, 2.24) is 4.90 Å². The third-order valence-electron chi connectivity index (χ3n) is 3.12. The fourth-order valence-corrected chi connectivity index (χ4v) is 5.35. The lowest BCUT2D eigenvalue weighted by atomic mass is 10.2. The highest BCUT2D eigenvalue weighted by molar-refractivity contribution is 7.72. The molecule has 110 valence electrons. The first-order chi connectivity index (χ1) is 8.04. The highest BCUT2D eigenvalue weighted by Gasteiger charge is 2.61. The molecule has 0 amide bonds. The molecule has 0 unspecified atom stereocenters. The Hall–Kier alpha value is 0.260. The average Bonchev–Trinajstić information content (AvgIpc) is 2.15. The summed E-state index contributed by atoms with van der Waals surface area (Å²) in [6, 6.07) is 0. The summed E-state index contributed by atoms with van der Waals surface area (Å²) in [6.07, 6.45) is 2.07. The Labute approximate surface area is 108 Å². The van der Waals surface area contributed by atoms with Crippen molar-refractivity contribution < 1.29 is 28.7 Å². The second-order valence-corrected chi connectivity index (χ2v) is 8.35. The van der Waals surface area contributed by atoms with E-state index in [9.17, 15) is 28.7 Å². The third kappa shape index (κ3) is 3.64. The summed E-state index contributed by atoms with van der Waals surface area (Å²) < 4.78 is 23.1. The van der Waals surface area contributed by atoms with Gasteiger partial charge in [0.25, 0.3) is 0 Å². The molecule has 0 aliphatic carbocycles. The molecule has 0 rings (SSSR count). The Morgan fingerprint density at radius 2 is 1.44 bits per heavy atom. The zero-order valence-electron chi connectivity index (χ0n) is 11.0. The summed E-state index contributed by atoms with van der Waals surface area (Å²) >= 11 is 0. The molecule has 9 heteroatoms. The normalized spacial score (nSPS) is 14.2. The van der Waals surface area contributed by atoms with Gasteiger partial charge in [-0.2, -0.15) is 0 Å². The van der Waals surface area contributed by atoms with E-state index in [1.165, 1.54) is 14.0 Å². The molecule has 0 aliphatic heterocycles. The smallest absolute Gasteiger partial charge is 0.323 e. The van der Waals surface area contributed by atoms with Crippen LogP contribution in [-0.4, -0.2) is 43.1 Å². The van der Waals surface area contributed by atoms with E-state index in [4.69, 9.17) is 0 Å². The van der Waals surface area contributed by atoms with Gasteiger partial charge in [0, 0.05) is 0 Å². The molecule has 0 aromatic heterocycles. The third-order valence-corrected chi connectivity index (χ3v) is 7.86. The van der Waals surface area contributed by atoms with Crippen molar-refractivity contribution in [1.29, 1.82) is 0 Å². The first kappa shape index (κ1) is 18.3. The van der Waals surface area contributed by atoms with Crippen LogP contribution in [-0.2, 0) is 9.13 Å². The molecule has 0 saturated heterocycles. The van der Waals surface area contributed by atoms with Gasteiger partial charge in [0.05, 0.1) is 0 Å². The molecule has 0 atom stereocenters. The molecule has 0 fully saturated rings. The van der Waals surface area contributed by atoms with Crippen LogP contribution in [0.15, 0.2) is 0 Å². The first-order valence-electron chi connectivity index (χ1n) is 5.87. The van der Waals surface area contributed by atoms with Gasteiger partial charge in [0.2, 0.25) is 5.02 Å². The number of unbranched alkanes of at least 4 members (excludes halogenated alkanes) is 2. The van der Waals surface area contributed by atoms with E-state index in [1.54, 1.807) is 0 Å². The van der Waals surface area contributed by atoms with Gasteiger partial charge in [-0.3, -0.25) is 14.0 Å². The topological polar surface area (TPSA) is 118 Å². The van der Waals surface area contributed by atoms with Crippen molar-refractivity contribution in [3.63, 3.8) is 0 Å². The Morgan fingerprint density at radius 1 is 1.00 bits per heavy atom. The van der Waals surface area contributed by atoms with Crippen molar-refractivity contribution in [2.24, 2.45) is 0 Å². The number of nitrogens with zero attached hydrogens (tertiary/aromatic N) is 1. The average molecular weight is 303 g/mol. The minimum absolute atomic E-state index is 0.234. The largest absolute Gasteiger partial charge is 0.358 e. The van der Waals surface area contributed by atoms with Crippen molar-refractivity contribution in [2.75, 3.05) is 13.6 Å². The van der Waals surface area contributed by atoms with E-state index in [1.807, 2.05) is 6.92 Å². The predicted molar refractivity (Wildman–Crippen MR) is 69.3 cm³/mol. The van der Waals surface area contributed by atoms with Gasteiger partial charge < -0.3 is 19.6 Å². The van der Waals surface area contributed by atoms with Crippen LogP contribution in [0.2, 0.25) is 0 Å². The SMILES string of the molecule is CCCCCN(C)C(CC)(P(=O)(O)O)P(=O)(O)O. The second-order valence-electron chi connectivity index (χ2n) is 4.34. The summed E-state index contributed by atoms with van der Waals surface area (Å²) in [5.41, 5.74) is 0. The van der Waals surface area contributed by atoms with Crippen LogP contribution in [0.3, 0.4) is 0 Å².